The second kappa shape index (κ2) is 7.61. The van der Waals surface area contributed by atoms with Gasteiger partial charge in [-0.2, -0.15) is 0 Å². The molecule has 0 unspecified atom stereocenters. The molecule has 2 aromatic rings. The van der Waals surface area contributed by atoms with Crippen LogP contribution in [0, 0.1) is 0 Å². The van der Waals surface area contributed by atoms with Crippen molar-refractivity contribution < 1.29 is 14.8 Å². The highest BCUT2D eigenvalue weighted by Gasteiger charge is 2.14. The zero-order chi connectivity index (χ0) is 15.2. The minimum absolute atomic E-state index is 0.484. The molecule has 0 bridgehead atoms. The highest BCUT2D eigenvalue weighted by atomic mass is 32.1. The Morgan fingerprint density at radius 3 is 2.71 bits per heavy atom. The normalized spacial score (nSPS) is 10.9. The van der Waals surface area contributed by atoms with Gasteiger partial charge in [-0.1, -0.05) is 18.2 Å². The summed E-state index contributed by atoms with van der Waals surface area (Å²) in [6, 6.07) is 9.43. The molecule has 0 saturated carbocycles. The van der Waals surface area contributed by atoms with E-state index in [2.05, 4.69) is 29.5 Å². The molecule has 0 spiro atoms. The van der Waals surface area contributed by atoms with E-state index >= 15 is 0 Å². The predicted octanol–water partition coefficient (Wildman–Crippen LogP) is 1.11. The number of likely N-dealkylation sites (N-methyl/N-ethyl adjacent to an activating group) is 1. The lowest BCUT2D eigenvalue weighted by molar-refractivity contribution is 0.321. The Balaban J connectivity index is 2.01. The number of benzene rings is 1. The molecule has 21 heavy (non-hydrogen) atoms. The van der Waals surface area contributed by atoms with Crippen LogP contribution in [0.3, 0.4) is 0 Å². The SMILES string of the molecule is COc1ccc(B(O)O)cc1CN(C)CCc1cccs1. The molecule has 0 saturated heterocycles. The molecule has 1 aromatic carbocycles. The third kappa shape index (κ3) is 4.57. The van der Waals surface area contributed by atoms with Gasteiger partial charge >= 0.3 is 7.12 Å². The number of hydrogen-bond acceptors (Lipinski definition) is 5. The molecule has 0 fully saturated rings. The number of thiophene rings is 1. The minimum Gasteiger partial charge on any atom is -0.496 e. The van der Waals surface area contributed by atoms with Crippen molar-refractivity contribution in [3.05, 3.63) is 46.2 Å². The van der Waals surface area contributed by atoms with Crippen LogP contribution in [0.2, 0.25) is 0 Å². The molecule has 1 heterocycles. The number of rotatable bonds is 7. The molecule has 4 nitrogen and oxygen atoms in total. The van der Waals surface area contributed by atoms with Crippen molar-refractivity contribution in [2.24, 2.45) is 0 Å². The topological polar surface area (TPSA) is 52.9 Å². The molecule has 0 radical (unpaired) electrons. The van der Waals surface area contributed by atoms with E-state index < -0.39 is 7.12 Å². The number of methoxy groups -OCH3 is 1. The van der Waals surface area contributed by atoms with E-state index in [0.29, 0.717) is 12.0 Å². The smallest absolute Gasteiger partial charge is 0.488 e. The Kier molecular flexibility index (Phi) is 5.81. The number of hydrogen-bond donors (Lipinski definition) is 2. The first-order valence-electron chi connectivity index (χ1n) is 6.84. The van der Waals surface area contributed by atoms with Gasteiger partial charge in [-0.05, 0) is 36.4 Å². The molecule has 6 heteroatoms. The van der Waals surface area contributed by atoms with Crippen LogP contribution in [-0.4, -0.2) is 42.8 Å². The van der Waals surface area contributed by atoms with E-state index in [9.17, 15) is 10.0 Å². The zero-order valence-corrected chi connectivity index (χ0v) is 13.1. The first-order chi connectivity index (χ1) is 10.1. The Hall–Kier alpha value is -1.34. The Morgan fingerprint density at radius 2 is 2.10 bits per heavy atom. The number of ether oxygens (including phenoxy) is 1. The molecule has 2 rings (SSSR count). The fourth-order valence-corrected chi connectivity index (χ4v) is 2.91. The summed E-state index contributed by atoms with van der Waals surface area (Å²) in [7, 11) is 2.22. The maximum atomic E-state index is 9.28. The molecule has 0 aliphatic rings. The van der Waals surface area contributed by atoms with Crippen LogP contribution >= 0.6 is 11.3 Å². The van der Waals surface area contributed by atoms with Crippen molar-refractivity contribution in [1.29, 1.82) is 0 Å². The van der Waals surface area contributed by atoms with Crippen LogP contribution < -0.4 is 10.2 Å². The summed E-state index contributed by atoms with van der Waals surface area (Å²) >= 11 is 1.77. The maximum Gasteiger partial charge on any atom is 0.488 e. The summed E-state index contributed by atoms with van der Waals surface area (Å²) < 4.78 is 5.34. The van der Waals surface area contributed by atoms with E-state index in [1.54, 1.807) is 36.6 Å². The molecule has 0 aliphatic carbocycles. The van der Waals surface area contributed by atoms with Crippen LogP contribution in [0.5, 0.6) is 5.75 Å². The zero-order valence-electron chi connectivity index (χ0n) is 12.3. The Morgan fingerprint density at radius 1 is 1.29 bits per heavy atom. The van der Waals surface area contributed by atoms with E-state index in [1.165, 1.54) is 4.88 Å². The van der Waals surface area contributed by atoms with Gasteiger partial charge in [-0.3, -0.25) is 0 Å². The molecule has 2 N–H and O–H groups in total. The average molecular weight is 305 g/mol. The Labute approximate surface area is 129 Å². The molecular weight excluding hydrogens is 285 g/mol. The van der Waals surface area contributed by atoms with E-state index in [0.717, 1.165) is 24.3 Å². The van der Waals surface area contributed by atoms with Crippen molar-refractivity contribution in [2.45, 2.75) is 13.0 Å². The van der Waals surface area contributed by atoms with Gasteiger partial charge in [-0.25, -0.2) is 0 Å². The summed E-state index contributed by atoms with van der Waals surface area (Å²) in [5.74, 6) is 0.766. The van der Waals surface area contributed by atoms with Crippen LogP contribution in [0.1, 0.15) is 10.4 Å². The quantitative estimate of drug-likeness (QED) is 0.753. The Bertz CT molecular complexity index is 560. The van der Waals surface area contributed by atoms with E-state index in [1.807, 2.05) is 0 Å². The van der Waals surface area contributed by atoms with Crippen molar-refractivity contribution >= 4 is 23.9 Å². The summed E-state index contributed by atoms with van der Waals surface area (Å²) in [6.45, 7) is 1.64. The van der Waals surface area contributed by atoms with Gasteiger partial charge in [0.05, 0.1) is 7.11 Å². The molecule has 0 atom stereocenters. The second-order valence-electron chi connectivity index (χ2n) is 5.01. The third-order valence-electron chi connectivity index (χ3n) is 3.36. The van der Waals surface area contributed by atoms with Gasteiger partial charge in [0.25, 0.3) is 0 Å². The standard InChI is InChI=1S/C15H20BNO3S/c1-17(8-7-14-4-3-9-21-14)11-12-10-13(16(18)19)5-6-15(12)20-2/h3-6,9-10,18-19H,7-8,11H2,1-2H3. The molecule has 1 aromatic heterocycles. The van der Waals surface area contributed by atoms with Gasteiger partial charge in [0.2, 0.25) is 0 Å². The van der Waals surface area contributed by atoms with Gasteiger partial charge < -0.3 is 19.7 Å². The number of nitrogens with zero attached hydrogens (tertiary/aromatic N) is 1. The second-order valence-corrected chi connectivity index (χ2v) is 6.04. The van der Waals surface area contributed by atoms with Crippen molar-refractivity contribution in [1.82, 2.24) is 4.90 Å². The maximum absolute atomic E-state index is 9.28. The summed E-state index contributed by atoms with van der Waals surface area (Å²) in [5.41, 5.74) is 1.44. The predicted molar refractivity (Wildman–Crippen MR) is 87.2 cm³/mol. The van der Waals surface area contributed by atoms with Gasteiger partial charge in [0.1, 0.15) is 5.75 Å². The largest absolute Gasteiger partial charge is 0.496 e. The van der Waals surface area contributed by atoms with Crippen molar-refractivity contribution in [3.8, 4) is 5.75 Å². The highest BCUT2D eigenvalue weighted by Crippen LogP contribution is 2.18. The summed E-state index contributed by atoms with van der Waals surface area (Å²) in [4.78, 5) is 3.57. The molecular formula is C15H20BNO3S. The minimum atomic E-state index is -1.45. The van der Waals surface area contributed by atoms with Crippen molar-refractivity contribution in [2.75, 3.05) is 20.7 Å². The lowest BCUT2D eigenvalue weighted by Crippen LogP contribution is -2.31. The fraction of sp³-hybridized carbons (Fsp3) is 0.333. The molecule has 112 valence electrons. The van der Waals surface area contributed by atoms with Crippen LogP contribution in [-0.2, 0) is 13.0 Å². The fourth-order valence-electron chi connectivity index (χ4n) is 2.21. The molecule has 0 aliphatic heterocycles. The lowest BCUT2D eigenvalue weighted by Gasteiger charge is -2.19. The van der Waals surface area contributed by atoms with Crippen LogP contribution in [0.4, 0.5) is 0 Å². The first kappa shape index (κ1) is 16.0. The third-order valence-corrected chi connectivity index (χ3v) is 4.30. The summed E-state index contributed by atoms with van der Waals surface area (Å²) in [6.07, 6.45) is 1.01. The van der Waals surface area contributed by atoms with Crippen molar-refractivity contribution in [3.63, 3.8) is 0 Å². The van der Waals surface area contributed by atoms with E-state index in [4.69, 9.17) is 4.74 Å². The van der Waals surface area contributed by atoms with Gasteiger partial charge in [-0.15, -0.1) is 11.3 Å². The first-order valence-corrected chi connectivity index (χ1v) is 7.72. The lowest BCUT2D eigenvalue weighted by atomic mass is 9.79. The average Bonchev–Trinajstić information content (AvgIpc) is 2.98. The van der Waals surface area contributed by atoms with Gasteiger partial charge in [0, 0.05) is 23.5 Å². The van der Waals surface area contributed by atoms with Crippen LogP contribution in [0.15, 0.2) is 35.7 Å². The van der Waals surface area contributed by atoms with E-state index in [-0.39, 0.29) is 0 Å². The highest BCUT2D eigenvalue weighted by molar-refractivity contribution is 7.09. The molecule has 0 amide bonds. The van der Waals surface area contributed by atoms with Crippen LogP contribution in [0.25, 0.3) is 0 Å². The summed E-state index contributed by atoms with van der Waals surface area (Å²) in [5, 5.41) is 20.6. The van der Waals surface area contributed by atoms with Gasteiger partial charge in [0.15, 0.2) is 0 Å². The monoisotopic (exact) mass is 305 g/mol.